The number of ketones is 2. The van der Waals surface area contributed by atoms with Gasteiger partial charge in [-0.2, -0.15) is 0 Å². The molecule has 0 aromatic heterocycles. The minimum atomic E-state index is 0.00545. The molecule has 4 heterocycles. The van der Waals surface area contributed by atoms with Gasteiger partial charge in [0.05, 0.1) is 35.6 Å². The Labute approximate surface area is 128 Å². The zero-order valence-electron chi connectivity index (χ0n) is 12.0. The number of fused-ring (bicyclic) bond motifs is 2. The van der Waals surface area contributed by atoms with Gasteiger partial charge in [0, 0.05) is 12.4 Å². The van der Waals surface area contributed by atoms with E-state index in [0.717, 1.165) is 11.4 Å². The smallest absolute Gasteiger partial charge is 0.185 e. The first-order valence-electron chi connectivity index (χ1n) is 7.14. The maximum Gasteiger partial charge on any atom is 0.185 e. The molecular weight excluding hydrogens is 276 g/mol. The van der Waals surface area contributed by atoms with Crippen LogP contribution < -0.4 is 0 Å². The zero-order valence-corrected chi connectivity index (χ0v) is 12.0. The molecule has 4 nitrogen and oxygen atoms in total. The number of allylic oxidation sites excluding steroid dienone is 7. The Kier molecular flexibility index (Phi) is 2.66. The summed E-state index contributed by atoms with van der Waals surface area (Å²) in [5.41, 5.74) is 3.30. The van der Waals surface area contributed by atoms with Crippen LogP contribution in [0, 0.1) is 0 Å². The molecule has 0 atom stereocenters. The third-order valence-corrected chi connectivity index (χ3v) is 4.18. The summed E-state index contributed by atoms with van der Waals surface area (Å²) in [7, 11) is 0. The van der Waals surface area contributed by atoms with E-state index in [9.17, 15) is 9.59 Å². The van der Waals surface area contributed by atoms with Crippen LogP contribution in [-0.4, -0.2) is 34.5 Å². The molecule has 0 spiro atoms. The molecule has 4 rings (SSSR count). The van der Waals surface area contributed by atoms with Crippen molar-refractivity contribution in [1.82, 2.24) is 9.80 Å². The molecule has 0 unspecified atom stereocenters. The van der Waals surface area contributed by atoms with E-state index in [1.165, 1.54) is 0 Å². The normalized spacial score (nSPS) is 22.2. The first kappa shape index (κ1) is 12.8. The van der Waals surface area contributed by atoms with E-state index in [1.54, 1.807) is 0 Å². The molecule has 22 heavy (non-hydrogen) atoms. The molecule has 0 aliphatic carbocycles. The number of carbonyl (C=O) groups excluding carboxylic acids is 2. The minimum absolute atomic E-state index is 0.00545. The molecule has 0 saturated heterocycles. The van der Waals surface area contributed by atoms with Crippen LogP contribution in [0.5, 0.6) is 0 Å². The highest BCUT2D eigenvalue weighted by Gasteiger charge is 2.36. The zero-order chi connectivity index (χ0) is 15.3. The lowest BCUT2D eigenvalue weighted by Gasteiger charge is -2.18. The van der Waals surface area contributed by atoms with E-state index in [2.05, 4.69) is 6.58 Å². The van der Waals surface area contributed by atoms with E-state index >= 15 is 0 Å². The van der Waals surface area contributed by atoms with Crippen molar-refractivity contribution in [3.8, 4) is 0 Å². The Hall–Kier alpha value is -2.88. The van der Waals surface area contributed by atoms with Gasteiger partial charge in [0.25, 0.3) is 0 Å². The van der Waals surface area contributed by atoms with Crippen molar-refractivity contribution in [1.29, 1.82) is 0 Å². The quantitative estimate of drug-likeness (QED) is 0.780. The lowest BCUT2D eigenvalue weighted by molar-refractivity contribution is -0.114. The van der Waals surface area contributed by atoms with Gasteiger partial charge in [0.15, 0.2) is 11.6 Å². The largest absolute Gasteiger partial charge is 0.340 e. The monoisotopic (exact) mass is 290 g/mol. The van der Waals surface area contributed by atoms with Crippen molar-refractivity contribution in [2.24, 2.45) is 0 Å². The predicted molar refractivity (Wildman–Crippen MR) is 83.2 cm³/mol. The van der Waals surface area contributed by atoms with Crippen molar-refractivity contribution in [3.05, 3.63) is 83.5 Å². The molecule has 0 fully saturated rings. The van der Waals surface area contributed by atoms with Crippen molar-refractivity contribution < 1.29 is 9.59 Å². The summed E-state index contributed by atoms with van der Waals surface area (Å²) in [6.45, 7) is 4.69. The number of hydrogen-bond donors (Lipinski definition) is 0. The van der Waals surface area contributed by atoms with Crippen LogP contribution in [0.25, 0.3) is 0 Å². The van der Waals surface area contributed by atoms with Gasteiger partial charge < -0.3 is 9.80 Å². The van der Waals surface area contributed by atoms with Gasteiger partial charge in [-0.3, -0.25) is 9.59 Å². The fourth-order valence-electron chi connectivity index (χ4n) is 3.21. The van der Waals surface area contributed by atoms with Gasteiger partial charge >= 0.3 is 0 Å². The Balaban J connectivity index is 1.82. The van der Waals surface area contributed by atoms with Crippen LogP contribution in [0.15, 0.2) is 83.5 Å². The number of hydrogen-bond acceptors (Lipinski definition) is 4. The second-order valence-electron chi connectivity index (χ2n) is 5.50. The lowest BCUT2D eigenvalue weighted by atomic mass is 9.93. The van der Waals surface area contributed by atoms with E-state index < -0.39 is 0 Å². The van der Waals surface area contributed by atoms with Crippen LogP contribution in [0.2, 0.25) is 0 Å². The Bertz CT molecular complexity index is 737. The second kappa shape index (κ2) is 4.56. The van der Waals surface area contributed by atoms with Gasteiger partial charge in [-0.15, -0.1) is 0 Å². The molecule has 0 radical (unpaired) electrons. The third-order valence-electron chi connectivity index (χ3n) is 4.18. The molecule has 4 heteroatoms. The van der Waals surface area contributed by atoms with Gasteiger partial charge in [-0.05, 0) is 29.9 Å². The molecule has 0 bridgehead atoms. The lowest BCUT2D eigenvalue weighted by Crippen LogP contribution is -2.15. The van der Waals surface area contributed by atoms with E-state index in [1.807, 2.05) is 58.7 Å². The molecule has 108 valence electrons. The molecule has 0 aromatic carbocycles. The van der Waals surface area contributed by atoms with E-state index in [0.29, 0.717) is 29.8 Å². The molecular formula is C18H14N2O2. The second-order valence-corrected chi connectivity index (χ2v) is 5.50. The van der Waals surface area contributed by atoms with Crippen LogP contribution in [-0.2, 0) is 9.59 Å². The van der Waals surface area contributed by atoms with Gasteiger partial charge in [-0.1, -0.05) is 18.7 Å². The Morgan fingerprint density at radius 2 is 1.27 bits per heavy atom. The highest BCUT2D eigenvalue weighted by atomic mass is 16.1. The summed E-state index contributed by atoms with van der Waals surface area (Å²) in [4.78, 5) is 28.6. The highest BCUT2D eigenvalue weighted by Crippen LogP contribution is 2.36. The van der Waals surface area contributed by atoms with Gasteiger partial charge in [-0.25, -0.2) is 0 Å². The van der Waals surface area contributed by atoms with Gasteiger partial charge in [0.2, 0.25) is 0 Å². The van der Waals surface area contributed by atoms with Crippen LogP contribution in [0.4, 0.5) is 0 Å². The molecule has 4 aliphatic heterocycles. The Morgan fingerprint density at radius 3 is 1.73 bits per heavy atom. The number of carbonyl (C=O) groups is 2. The molecule has 0 saturated carbocycles. The first-order chi connectivity index (χ1) is 10.7. The van der Waals surface area contributed by atoms with Crippen molar-refractivity contribution in [2.75, 3.05) is 13.1 Å². The van der Waals surface area contributed by atoms with Crippen molar-refractivity contribution in [2.45, 2.75) is 0 Å². The maximum atomic E-state index is 12.4. The number of rotatable bonds is 2. The van der Waals surface area contributed by atoms with Crippen molar-refractivity contribution in [3.63, 3.8) is 0 Å². The molecule has 4 aliphatic rings. The summed E-state index contributed by atoms with van der Waals surface area (Å²) in [6.07, 6.45) is 15.1. The molecule has 0 amide bonds. The fourth-order valence-corrected chi connectivity index (χ4v) is 3.21. The van der Waals surface area contributed by atoms with Gasteiger partial charge in [0.1, 0.15) is 0 Å². The fraction of sp³-hybridized carbons (Fsp3) is 0.111. The summed E-state index contributed by atoms with van der Waals surface area (Å²) in [5.74, 6) is 0.0109. The summed E-state index contributed by atoms with van der Waals surface area (Å²) >= 11 is 0. The topological polar surface area (TPSA) is 40.6 Å². The summed E-state index contributed by atoms with van der Waals surface area (Å²) in [6, 6.07) is 0. The van der Waals surface area contributed by atoms with Crippen LogP contribution in [0.1, 0.15) is 0 Å². The standard InChI is InChI=1S/C18H14N2O2/c1-12(17-13-6-2-4-8-19(13)10-15(17)21)18-14-7-3-5-9-20(14)11-16(18)22/h2-9H,1,10-11H2. The van der Waals surface area contributed by atoms with Crippen molar-refractivity contribution >= 4 is 11.6 Å². The van der Waals surface area contributed by atoms with E-state index in [-0.39, 0.29) is 11.6 Å². The van der Waals surface area contributed by atoms with Crippen LogP contribution in [0.3, 0.4) is 0 Å². The minimum Gasteiger partial charge on any atom is -0.340 e. The van der Waals surface area contributed by atoms with E-state index in [4.69, 9.17) is 0 Å². The summed E-state index contributed by atoms with van der Waals surface area (Å²) in [5, 5.41) is 0. The Morgan fingerprint density at radius 1 is 0.818 bits per heavy atom. The average molecular weight is 290 g/mol. The van der Waals surface area contributed by atoms with Crippen LogP contribution >= 0.6 is 0 Å². The molecule has 0 N–H and O–H groups in total. The SMILES string of the molecule is C=C(C1=C2C=CC=CN2CC1=O)C1=C2C=CC=CN2CC1=O. The highest BCUT2D eigenvalue weighted by molar-refractivity contribution is 6.13. The average Bonchev–Trinajstić information content (AvgIpc) is 3.01. The predicted octanol–water partition coefficient (Wildman–Crippen LogP) is 1.99. The number of nitrogens with zero attached hydrogens (tertiary/aromatic N) is 2. The number of Topliss-reactive ketones (excluding diaryl/α,β-unsaturated/α-hetero) is 2. The maximum absolute atomic E-state index is 12.4. The molecule has 0 aromatic rings. The summed E-state index contributed by atoms with van der Waals surface area (Å²) < 4.78 is 0. The first-order valence-corrected chi connectivity index (χ1v) is 7.14. The third kappa shape index (κ3) is 1.70.